The summed E-state index contributed by atoms with van der Waals surface area (Å²) < 4.78 is 32.3. The summed E-state index contributed by atoms with van der Waals surface area (Å²) in [6.07, 6.45) is 1.09. The standard InChI is InChI=1S/C13H16ClF2NO/c14-11-3-4-12(15)10(13(11)16)2-1-5-17-6-8-18-9-7-17/h3-4H,1-2,5-9H2. The molecule has 0 atom stereocenters. The van der Waals surface area contributed by atoms with Crippen molar-refractivity contribution in [2.75, 3.05) is 32.8 Å². The fourth-order valence-corrected chi connectivity index (χ4v) is 2.28. The van der Waals surface area contributed by atoms with Gasteiger partial charge in [-0.05, 0) is 31.5 Å². The lowest BCUT2D eigenvalue weighted by atomic mass is 10.1. The van der Waals surface area contributed by atoms with Gasteiger partial charge in [0.15, 0.2) is 0 Å². The van der Waals surface area contributed by atoms with E-state index in [2.05, 4.69) is 4.90 Å². The fraction of sp³-hybridized carbons (Fsp3) is 0.538. The molecule has 100 valence electrons. The monoisotopic (exact) mass is 275 g/mol. The van der Waals surface area contributed by atoms with Crippen LogP contribution in [0.4, 0.5) is 8.78 Å². The largest absolute Gasteiger partial charge is 0.379 e. The Balaban J connectivity index is 1.88. The number of morpholine rings is 1. The molecule has 0 aliphatic carbocycles. The van der Waals surface area contributed by atoms with E-state index in [1.807, 2.05) is 0 Å². The first-order chi connectivity index (χ1) is 8.68. The number of hydrogen-bond donors (Lipinski definition) is 0. The number of nitrogens with zero attached hydrogens (tertiary/aromatic N) is 1. The van der Waals surface area contributed by atoms with Crippen molar-refractivity contribution >= 4 is 11.6 Å². The van der Waals surface area contributed by atoms with Crippen molar-refractivity contribution in [3.63, 3.8) is 0 Å². The molecular weight excluding hydrogens is 260 g/mol. The molecule has 1 aliphatic heterocycles. The van der Waals surface area contributed by atoms with Gasteiger partial charge in [0.2, 0.25) is 0 Å². The van der Waals surface area contributed by atoms with Crippen molar-refractivity contribution in [1.82, 2.24) is 4.90 Å². The van der Waals surface area contributed by atoms with E-state index in [-0.39, 0.29) is 10.6 Å². The van der Waals surface area contributed by atoms with Crippen molar-refractivity contribution in [1.29, 1.82) is 0 Å². The van der Waals surface area contributed by atoms with E-state index in [0.717, 1.165) is 32.8 Å². The third-order valence-electron chi connectivity index (χ3n) is 3.14. The van der Waals surface area contributed by atoms with Gasteiger partial charge < -0.3 is 4.74 Å². The molecule has 5 heteroatoms. The smallest absolute Gasteiger partial charge is 0.147 e. The van der Waals surface area contributed by atoms with Crippen LogP contribution in [0.2, 0.25) is 5.02 Å². The van der Waals surface area contributed by atoms with Gasteiger partial charge in [-0.15, -0.1) is 0 Å². The third-order valence-corrected chi connectivity index (χ3v) is 3.44. The number of hydrogen-bond acceptors (Lipinski definition) is 2. The van der Waals surface area contributed by atoms with E-state index in [4.69, 9.17) is 16.3 Å². The van der Waals surface area contributed by atoms with Gasteiger partial charge in [0.1, 0.15) is 11.6 Å². The van der Waals surface area contributed by atoms with Gasteiger partial charge in [-0.25, -0.2) is 8.78 Å². The predicted molar refractivity (Wildman–Crippen MR) is 66.9 cm³/mol. The predicted octanol–water partition coefficient (Wildman–Crippen LogP) is 2.88. The van der Waals surface area contributed by atoms with Crippen molar-refractivity contribution in [3.8, 4) is 0 Å². The van der Waals surface area contributed by atoms with E-state index in [1.165, 1.54) is 12.1 Å². The highest BCUT2D eigenvalue weighted by molar-refractivity contribution is 6.30. The Kier molecular flexibility index (Phi) is 4.92. The van der Waals surface area contributed by atoms with Crippen LogP contribution in [0.15, 0.2) is 12.1 Å². The zero-order chi connectivity index (χ0) is 13.0. The molecule has 0 radical (unpaired) electrons. The zero-order valence-corrected chi connectivity index (χ0v) is 10.8. The normalized spacial score (nSPS) is 17.1. The highest BCUT2D eigenvalue weighted by Crippen LogP contribution is 2.22. The molecule has 0 saturated carbocycles. The third kappa shape index (κ3) is 3.40. The minimum Gasteiger partial charge on any atom is -0.379 e. The van der Waals surface area contributed by atoms with Crippen molar-refractivity contribution in [2.24, 2.45) is 0 Å². The highest BCUT2D eigenvalue weighted by Gasteiger charge is 2.14. The number of ether oxygens (including phenoxy) is 1. The second kappa shape index (κ2) is 6.45. The van der Waals surface area contributed by atoms with E-state index in [1.54, 1.807) is 0 Å². The van der Waals surface area contributed by atoms with Gasteiger partial charge in [0.25, 0.3) is 0 Å². The Morgan fingerprint density at radius 3 is 2.67 bits per heavy atom. The quantitative estimate of drug-likeness (QED) is 0.784. The molecule has 1 aromatic rings. The lowest BCUT2D eigenvalue weighted by Crippen LogP contribution is -2.37. The summed E-state index contributed by atoms with van der Waals surface area (Å²) in [5.74, 6) is -1.14. The maximum atomic E-state index is 13.6. The van der Waals surface area contributed by atoms with Gasteiger partial charge in [0.05, 0.1) is 18.2 Å². The number of rotatable bonds is 4. The Bertz CT molecular complexity index is 408. The fourth-order valence-electron chi connectivity index (χ4n) is 2.10. The molecule has 0 spiro atoms. The molecule has 18 heavy (non-hydrogen) atoms. The Morgan fingerprint density at radius 2 is 1.94 bits per heavy atom. The van der Waals surface area contributed by atoms with Gasteiger partial charge in [-0.2, -0.15) is 0 Å². The second-order valence-electron chi connectivity index (χ2n) is 4.38. The van der Waals surface area contributed by atoms with Gasteiger partial charge in [-0.1, -0.05) is 11.6 Å². The van der Waals surface area contributed by atoms with Crippen LogP contribution >= 0.6 is 11.6 Å². The summed E-state index contributed by atoms with van der Waals surface area (Å²) in [7, 11) is 0. The molecule has 2 nitrogen and oxygen atoms in total. The average Bonchev–Trinajstić information content (AvgIpc) is 2.39. The molecule has 0 unspecified atom stereocenters. The highest BCUT2D eigenvalue weighted by atomic mass is 35.5. The van der Waals surface area contributed by atoms with Crippen LogP contribution < -0.4 is 0 Å². The van der Waals surface area contributed by atoms with E-state index in [9.17, 15) is 8.78 Å². The van der Waals surface area contributed by atoms with E-state index >= 15 is 0 Å². The van der Waals surface area contributed by atoms with Crippen molar-refractivity contribution < 1.29 is 13.5 Å². The molecule has 0 N–H and O–H groups in total. The van der Waals surface area contributed by atoms with Gasteiger partial charge in [0, 0.05) is 18.7 Å². The van der Waals surface area contributed by atoms with Crippen LogP contribution in [0.3, 0.4) is 0 Å². The Hall–Kier alpha value is -0.710. The van der Waals surface area contributed by atoms with Gasteiger partial charge in [-0.3, -0.25) is 4.90 Å². The second-order valence-corrected chi connectivity index (χ2v) is 4.79. The SMILES string of the molecule is Fc1ccc(Cl)c(F)c1CCCN1CCOCC1. The Morgan fingerprint density at radius 1 is 1.22 bits per heavy atom. The van der Waals surface area contributed by atoms with Crippen LogP contribution in [-0.2, 0) is 11.2 Å². The van der Waals surface area contributed by atoms with Gasteiger partial charge >= 0.3 is 0 Å². The minimum atomic E-state index is -0.626. The average molecular weight is 276 g/mol. The number of halogens is 3. The molecule has 0 amide bonds. The maximum Gasteiger partial charge on any atom is 0.147 e. The summed E-state index contributed by atoms with van der Waals surface area (Å²) in [4.78, 5) is 2.24. The molecule has 1 aliphatic rings. The Labute approximate surface area is 110 Å². The zero-order valence-electron chi connectivity index (χ0n) is 10.1. The first kappa shape index (κ1) is 13.7. The maximum absolute atomic E-state index is 13.6. The summed E-state index contributed by atoms with van der Waals surface area (Å²) >= 11 is 5.64. The summed E-state index contributed by atoms with van der Waals surface area (Å²) in [6.45, 7) is 4.08. The lowest BCUT2D eigenvalue weighted by molar-refractivity contribution is 0.0374. The molecule has 0 aromatic heterocycles. The van der Waals surface area contributed by atoms with Crippen LogP contribution in [0, 0.1) is 11.6 Å². The molecule has 1 saturated heterocycles. The molecule has 0 bridgehead atoms. The molecular formula is C13H16ClF2NO. The van der Waals surface area contributed by atoms with Crippen LogP contribution in [-0.4, -0.2) is 37.7 Å². The lowest BCUT2D eigenvalue weighted by Gasteiger charge is -2.26. The molecule has 1 heterocycles. The van der Waals surface area contributed by atoms with E-state index < -0.39 is 11.6 Å². The summed E-state index contributed by atoms with van der Waals surface area (Å²) in [6, 6.07) is 2.47. The topological polar surface area (TPSA) is 12.5 Å². The summed E-state index contributed by atoms with van der Waals surface area (Å²) in [5, 5.41) is -0.0160. The van der Waals surface area contributed by atoms with Crippen molar-refractivity contribution in [3.05, 3.63) is 34.4 Å². The first-order valence-corrected chi connectivity index (χ1v) is 6.49. The van der Waals surface area contributed by atoms with Crippen LogP contribution in [0.1, 0.15) is 12.0 Å². The molecule has 2 rings (SSSR count). The minimum absolute atomic E-state index is 0.0160. The van der Waals surface area contributed by atoms with Crippen LogP contribution in [0.25, 0.3) is 0 Å². The molecule has 1 fully saturated rings. The van der Waals surface area contributed by atoms with Crippen molar-refractivity contribution in [2.45, 2.75) is 12.8 Å². The van der Waals surface area contributed by atoms with E-state index in [0.29, 0.717) is 12.8 Å². The van der Waals surface area contributed by atoms with Crippen LogP contribution in [0.5, 0.6) is 0 Å². The number of benzene rings is 1. The summed E-state index contributed by atoms with van der Waals surface area (Å²) in [5.41, 5.74) is 0.0933. The first-order valence-electron chi connectivity index (χ1n) is 6.11. The molecule has 1 aromatic carbocycles.